The van der Waals surface area contributed by atoms with Gasteiger partial charge in [-0.3, -0.25) is 4.79 Å². The van der Waals surface area contributed by atoms with Crippen LogP contribution in [0.3, 0.4) is 0 Å². The van der Waals surface area contributed by atoms with E-state index in [9.17, 15) is 14.7 Å². The molecule has 132 valence electrons. The normalized spacial score (nSPS) is 16.8. The maximum Gasteiger partial charge on any atom is 0.329 e. The van der Waals surface area contributed by atoms with Gasteiger partial charge in [-0.25, -0.2) is 4.79 Å². The van der Waals surface area contributed by atoms with Gasteiger partial charge in [0.15, 0.2) is 11.5 Å². The zero-order valence-electron chi connectivity index (χ0n) is 14.3. The first-order chi connectivity index (χ1) is 11.5. The molecule has 0 aliphatic heterocycles. The Labute approximate surface area is 142 Å². The van der Waals surface area contributed by atoms with Gasteiger partial charge < -0.3 is 19.9 Å². The fourth-order valence-corrected chi connectivity index (χ4v) is 3.21. The molecule has 0 unspecified atom stereocenters. The van der Waals surface area contributed by atoms with Crippen molar-refractivity contribution >= 4 is 11.9 Å². The lowest BCUT2D eigenvalue weighted by molar-refractivity contribution is -0.148. The number of nitrogens with one attached hydrogen (secondary N) is 1. The Kier molecular flexibility index (Phi) is 6.06. The van der Waals surface area contributed by atoms with Crippen molar-refractivity contribution in [3.8, 4) is 11.5 Å². The summed E-state index contributed by atoms with van der Waals surface area (Å²) in [6, 6.07) is 5.25. The van der Waals surface area contributed by atoms with Crippen LogP contribution in [0, 0.1) is 0 Å². The molecule has 1 fully saturated rings. The van der Waals surface area contributed by atoms with Gasteiger partial charge in [0.05, 0.1) is 20.6 Å². The number of carbonyl (C=O) groups excluding carboxylic acids is 1. The summed E-state index contributed by atoms with van der Waals surface area (Å²) < 4.78 is 10.4. The number of hydrogen-bond donors (Lipinski definition) is 2. The van der Waals surface area contributed by atoms with Crippen LogP contribution in [0.2, 0.25) is 0 Å². The topological polar surface area (TPSA) is 84.9 Å². The van der Waals surface area contributed by atoms with E-state index >= 15 is 0 Å². The van der Waals surface area contributed by atoms with Crippen LogP contribution < -0.4 is 14.8 Å². The molecule has 1 saturated carbocycles. The van der Waals surface area contributed by atoms with E-state index in [0.29, 0.717) is 24.3 Å². The maximum absolute atomic E-state index is 12.4. The Morgan fingerprint density at radius 3 is 2.25 bits per heavy atom. The molecule has 0 radical (unpaired) electrons. The van der Waals surface area contributed by atoms with Crippen LogP contribution in [-0.2, 0) is 16.0 Å². The number of methoxy groups -OCH3 is 2. The molecule has 2 N–H and O–H groups in total. The Hall–Kier alpha value is -2.24. The molecule has 1 aromatic rings. The van der Waals surface area contributed by atoms with Gasteiger partial charge in [-0.2, -0.15) is 0 Å². The highest BCUT2D eigenvalue weighted by molar-refractivity contribution is 5.88. The van der Waals surface area contributed by atoms with E-state index in [4.69, 9.17) is 9.47 Å². The molecule has 6 nitrogen and oxygen atoms in total. The third-order valence-corrected chi connectivity index (χ3v) is 4.56. The molecule has 1 amide bonds. The molecule has 1 aromatic carbocycles. The summed E-state index contributed by atoms with van der Waals surface area (Å²) in [4.78, 5) is 24.2. The van der Waals surface area contributed by atoms with Crippen LogP contribution in [0.5, 0.6) is 11.5 Å². The van der Waals surface area contributed by atoms with Crippen LogP contribution in [0.4, 0.5) is 0 Å². The predicted molar refractivity (Wildman–Crippen MR) is 89.5 cm³/mol. The lowest BCUT2D eigenvalue weighted by Gasteiger charge is -2.29. The number of amides is 1. The minimum atomic E-state index is -1.13. The van der Waals surface area contributed by atoms with Crippen molar-refractivity contribution in [2.45, 2.75) is 50.5 Å². The highest BCUT2D eigenvalue weighted by Gasteiger charge is 2.39. The van der Waals surface area contributed by atoms with Crippen LogP contribution in [0.1, 0.15) is 44.1 Å². The third-order valence-electron chi connectivity index (χ3n) is 4.56. The fourth-order valence-electron chi connectivity index (χ4n) is 3.21. The van der Waals surface area contributed by atoms with E-state index in [2.05, 4.69) is 5.32 Å². The Bertz CT molecular complexity index is 591. The van der Waals surface area contributed by atoms with E-state index in [-0.39, 0.29) is 12.3 Å². The van der Waals surface area contributed by atoms with Gasteiger partial charge in [0.1, 0.15) is 5.54 Å². The molecule has 1 aliphatic carbocycles. The number of carboxylic acids is 1. The Balaban J connectivity index is 2.09. The molecule has 0 atom stereocenters. The van der Waals surface area contributed by atoms with E-state index in [1.807, 2.05) is 0 Å². The second-order valence-electron chi connectivity index (χ2n) is 6.22. The first-order valence-corrected chi connectivity index (χ1v) is 8.26. The van der Waals surface area contributed by atoms with Crippen molar-refractivity contribution in [3.05, 3.63) is 23.8 Å². The molecule has 0 aromatic heterocycles. The van der Waals surface area contributed by atoms with Crippen molar-refractivity contribution in [1.82, 2.24) is 5.32 Å². The Morgan fingerprint density at radius 1 is 1.08 bits per heavy atom. The molecule has 24 heavy (non-hydrogen) atoms. The van der Waals surface area contributed by atoms with Gasteiger partial charge in [-0.15, -0.1) is 0 Å². The minimum absolute atomic E-state index is 0.107. The number of carboxylic acid groups (broad SMARTS) is 1. The zero-order chi connectivity index (χ0) is 17.6. The SMILES string of the molecule is COc1ccc(CC(=O)NC2(C(=O)O)CCCCCC2)cc1OC. The summed E-state index contributed by atoms with van der Waals surface area (Å²) in [6.45, 7) is 0. The zero-order valence-corrected chi connectivity index (χ0v) is 14.3. The number of rotatable bonds is 6. The summed E-state index contributed by atoms with van der Waals surface area (Å²) in [7, 11) is 3.08. The number of aliphatic carboxylic acids is 1. The van der Waals surface area contributed by atoms with Gasteiger partial charge in [0.25, 0.3) is 0 Å². The lowest BCUT2D eigenvalue weighted by Crippen LogP contribution is -2.54. The smallest absolute Gasteiger partial charge is 0.329 e. The quantitative estimate of drug-likeness (QED) is 0.781. The summed E-state index contributed by atoms with van der Waals surface area (Å²) in [5.74, 6) is -0.0887. The summed E-state index contributed by atoms with van der Waals surface area (Å²) in [5.41, 5.74) is -0.385. The largest absolute Gasteiger partial charge is 0.493 e. The molecule has 0 spiro atoms. The van der Waals surface area contributed by atoms with E-state index < -0.39 is 11.5 Å². The highest BCUT2D eigenvalue weighted by Crippen LogP contribution is 2.29. The van der Waals surface area contributed by atoms with Gasteiger partial charge in [-0.1, -0.05) is 31.7 Å². The molecular formula is C18H25NO5. The van der Waals surface area contributed by atoms with E-state index in [1.54, 1.807) is 25.3 Å². The molecule has 1 aliphatic rings. The number of benzene rings is 1. The average molecular weight is 335 g/mol. The van der Waals surface area contributed by atoms with Crippen molar-refractivity contribution < 1.29 is 24.2 Å². The van der Waals surface area contributed by atoms with E-state index in [0.717, 1.165) is 31.2 Å². The fraction of sp³-hybridized carbons (Fsp3) is 0.556. The Morgan fingerprint density at radius 2 is 1.71 bits per heavy atom. The maximum atomic E-state index is 12.4. The number of ether oxygens (including phenoxy) is 2. The molecule has 6 heteroatoms. The van der Waals surface area contributed by atoms with Gasteiger partial charge in [-0.05, 0) is 30.5 Å². The monoisotopic (exact) mass is 335 g/mol. The predicted octanol–water partition coefficient (Wildman–Crippen LogP) is 2.54. The van der Waals surface area contributed by atoms with Crippen molar-refractivity contribution in [2.75, 3.05) is 14.2 Å². The van der Waals surface area contributed by atoms with Crippen molar-refractivity contribution in [1.29, 1.82) is 0 Å². The lowest BCUT2D eigenvalue weighted by atomic mass is 9.90. The van der Waals surface area contributed by atoms with Crippen LogP contribution in [-0.4, -0.2) is 36.7 Å². The van der Waals surface area contributed by atoms with Gasteiger partial charge in [0.2, 0.25) is 5.91 Å². The molecular weight excluding hydrogens is 310 g/mol. The second kappa shape index (κ2) is 8.04. The van der Waals surface area contributed by atoms with Gasteiger partial charge >= 0.3 is 5.97 Å². The first-order valence-electron chi connectivity index (χ1n) is 8.26. The molecule has 0 heterocycles. The molecule has 0 bridgehead atoms. The van der Waals surface area contributed by atoms with Crippen LogP contribution in [0.15, 0.2) is 18.2 Å². The minimum Gasteiger partial charge on any atom is -0.493 e. The number of carbonyl (C=O) groups is 2. The van der Waals surface area contributed by atoms with Crippen LogP contribution >= 0.6 is 0 Å². The third kappa shape index (κ3) is 4.19. The van der Waals surface area contributed by atoms with E-state index in [1.165, 1.54) is 7.11 Å². The summed E-state index contributed by atoms with van der Waals surface area (Å²) in [6.07, 6.45) is 4.75. The standard InChI is InChI=1S/C18H25NO5/c1-23-14-8-7-13(11-15(14)24-2)12-16(20)19-18(17(21)22)9-5-3-4-6-10-18/h7-8,11H,3-6,9-10,12H2,1-2H3,(H,19,20)(H,21,22). The summed E-state index contributed by atoms with van der Waals surface area (Å²) in [5, 5.41) is 12.4. The van der Waals surface area contributed by atoms with Crippen molar-refractivity contribution in [2.24, 2.45) is 0 Å². The molecule has 0 saturated heterocycles. The first kappa shape index (κ1) is 18.1. The summed E-state index contributed by atoms with van der Waals surface area (Å²) >= 11 is 0. The average Bonchev–Trinajstić information content (AvgIpc) is 2.81. The molecule has 2 rings (SSSR count). The second-order valence-corrected chi connectivity index (χ2v) is 6.22. The highest BCUT2D eigenvalue weighted by atomic mass is 16.5. The number of hydrogen-bond acceptors (Lipinski definition) is 4. The van der Waals surface area contributed by atoms with Gasteiger partial charge in [0, 0.05) is 0 Å². The van der Waals surface area contributed by atoms with Crippen molar-refractivity contribution in [3.63, 3.8) is 0 Å². The van der Waals surface area contributed by atoms with Crippen LogP contribution in [0.25, 0.3) is 0 Å².